The Hall–Kier alpha value is -3.78. The zero-order valence-electron chi connectivity index (χ0n) is 15.7. The Balaban J connectivity index is 1.97. The normalized spacial score (nSPS) is 10.9. The summed E-state index contributed by atoms with van der Waals surface area (Å²) in [5.74, 6) is -0.266. The number of pyridine rings is 1. The quantitative estimate of drug-likeness (QED) is 0.321. The third kappa shape index (κ3) is 3.19. The van der Waals surface area contributed by atoms with Crippen molar-refractivity contribution in [2.24, 2.45) is 0 Å². The first-order chi connectivity index (χ1) is 14.3. The standard InChI is InChI=1S/C27H18FN/c28-22-15-9-14-21(18-22)27-26(20-12-5-2-6-13-20)25(19-10-3-1-4-11-19)23-16-7-8-17-24(23)29-27/h1-18H. The first-order valence-corrected chi connectivity index (χ1v) is 9.61. The minimum absolute atomic E-state index is 0.266. The van der Waals surface area contributed by atoms with Crippen LogP contribution in [0.15, 0.2) is 109 Å². The summed E-state index contributed by atoms with van der Waals surface area (Å²) in [4.78, 5) is 4.98. The number of para-hydroxylation sites is 1. The van der Waals surface area contributed by atoms with Gasteiger partial charge in [0, 0.05) is 22.1 Å². The van der Waals surface area contributed by atoms with Crippen molar-refractivity contribution >= 4 is 10.9 Å². The molecule has 0 amide bonds. The molecule has 1 aromatic heterocycles. The van der Waals surface area contributed by atoms with Crippen molar-refractivity contribution < 1.29 is 4.39 Å². The molecule has 0 atom stereocenters. The van der Waals surface area contributed by atoms with E-state index in [0.29, 0.717) is 0 Å². The number of hydrogen-bond donors (Lipinski definition) is 0. The number of rotatable bonds is 3. The molecule has 138 valence electrons. The van der Waals surface area contributed by atoms with Crippen LogP contribution in [0.5, 0.6) is 0 Å². The summed E-state index contributed by atoms with van der Waals surface area (Å²) < 4.78 is 14.1. The van der Waals surface area contributed by atoms with Gasteiger partial charge in [0.25, 0.3) is 0 Å². The average molecular weight is 375 g/mol. The SMILES string of the molecule is Fc1cccc(-c2nc3ccccc3c(-c3ccccc3)c2-c2ccccc2)c1. The van der Waals surface area contributed by atoms with Gasteiger partial charge < -0.3 is 0 Å². The highest BCUT2D eigenvalue weighted by Crippen LogP contribution is 2.43. The van der Waals surface area contributed by atoms with Crippen molar-refractivity contribution in [3.63, 3.8) is 0 Å². The Labute approximate surface area is 169 Å². The molecule has 0 fully saturated rings. The molecule has 0 saturated heterocycles. The number of halogens is 1. The second kappa shape index (κ2) is 7.33. The molecule has 0 aliphatic carbocycles. The monoisotopic (exact) mass is 375 g/mol. The molecule has 0 unspecified atom stereocenters. The summed E-state index contributed by atoms with van der Waals surface area (Å²) in [6.45, 7) is 0. The molecule has 0 radical (unpaired) electrons. The third-order valence-electron chi connectivity index (χ3n) is 5.12. The molecule has 29 heavy (non-hydrogen) atoms. The van der Waals surface area contributed by atoms with Gasteiger partial charge in [0.05, 0.1) is 11.2 Å². The molecule has 5 rings (SSSR count). The van der Waals surface area contributed by atoms with E-state index in [1.165, 1.54) is 6.07 Å². The zero-order chi connectivity index (χ0) is 19.6. The van der Waals surface area contributed by atoms with Crippen LogP contribution in [0, 0.1) is 5.82 Å². The van der Waals surface area contributed by atoms with E-state index in [9.17, 15) is 4.39 Å². The lowest BCUT2D eigenvalue weighted by Gasteiger charge is -2.18. The fourth-order valence-electron chi connectivity index (χ4n) is 3.85. The summed E-state index contributed by atoms with van der Waals surface area (Å²) in [6.07, 6.45) is 0. The van der Waals surface area contributed by atoms with Gasteiger partial charge in [-0.2, -0.15) is 0 Å². The van der Waals surface area contributed by atoms with Gasteiger partial charge in [0.15, 0.2) is 0 Å². The maximum absolute atomic E-state index is 14.1. The van der Waals surface area contributed by atoms with Crippen LogP contribution in [0.2, 0.25) is 0 Å². The highest BCUT2D eigenvalue weighted by molar-refractivity contribution is 6.06. The molecular weight excluding hydrogens is 357 g/mol. The Morgan fingerprint density at radius 1 is 0.517 bits per heavy atom. The van der Waals surface area contributed by atoms with Crippen LogP contribution >= 0.6 is 0 Å². The third-order valence-corrected chi connectivity index (χ3v) is 5.12. The number of fused-ring (bicyclic) bond motifs is 1. The zero-order valence-corrected chi connectivity index (χ0v) is 15.7. The summed E-state index contributed by atoms with van der Waals surface area (Å²) in [7, 11) is 0. The number of benzene rings is 4. The molecule has 4 aromatic carbocycles. The van der Waals surface area contributed by atoms with Gasteiger partial charge in [-0.15, -0.1) is 0 Å². The Kier molecular flexibility index (Phi) is 4.38. The largest absolute Gasteiger partial charge is 0.247 e. The van der Waals surface area contributed by atoms with Gasteiger partial charge in [-0.3, -0.25) is 0 Å². The summed E-state index contributed by atoms with van der Waals surface area (Å²) in [5.41, 5.74) is 6.75. The van der Waals surface area contributed by atoms with Crippen molar-refractivity contribution in [1.29, 1.82) is 0 Å². The topological polar surface area (TPSA) is 12.9 Å². The van der Waals surface area contributed by atoms with E-state index >= 15 is 0 Å². The first-order valence-electron chi connectivity index (χ1n) is 9.61. The van der Waals surface area contributed by atoms with Crippen molar-refractivity contribution in [2.45, 2.75) is 0 Å². The van der Waals surface area contributed by atoms with E-state index in [-0.39, 0.29) is 5.82 Å². The van der Waals surface area contributed by atoms with E-state index in [4.69, 9.17) is 4.98 Å². The van der Waals surface area contributed by atoms with Crippen LogP contribution in [-0.4, -0.2) is 4.98 Å². The molecule has 0 aliphatic rings. The smallest absolute Gasteiger partial charge is 0.123 e. The maximum Gasteiger partial charge on any atom is 0.123 e. The molecule has 0 aliphatic heterocycles. The van der Waals surface area contributed by atoms with Crippen LogP contribution in [-0.2, 0) is 0 Å². The molecule has 0 N–H and O–H groups in total. The first kappa shape index (κ1) is 17.3. The van der Waals surface area contributed by atoms with Crippen LogP contribution in [0.3, 0.4) is 0 Å². The van der Waals surface area contributed by atoms with E-state index in [1.54, 1.807) is 12.1 Å². The Morgan fingerprint density at radius 3 is 1.79 bits per heavy atom. The second-order valence-corrected chi connectivity index (χ2v) is 6.97. The molecule has 0 bridgehead atoms. The fraction of sp³-hybridized carbons (Fsp3) is 0. The Morgan fingerprint density at radius 2 is 1.10 bits per heavy atom. The highest BCUT2D eigenvalue weighted by Gasteiger charge is 2.19. The minimum Gasteiger partial charge on any atom is -0.247 e. The molecule has 1 nitrogen and oxygen atoms in total. The number of hydrogen-bond acceptors (Lipinski definition) is 1. The number of nitrogens with zero attached hydrogens (tertiary/aromatic N) is 1. The highest BCUT2D eigenvalue weighted by atomic mass is 19.1. The van der Waals surface area contributed by atoms with Gasteiger partial charge in [-0.05, 0) is 29.3 Å². The van der Waals surface area contributed by atoms with E-state index < -0.39 is 0 Å². The van der Waals surface area contributed by atoms with Gasteiger partial charge >= 0.3 is 0 Å². The van der Waals surface area contributed by atoms with E-state index in [1.807, 2.05) is 60.7 Å². The minimum atomic E-state index is -0.266. The molecule has 5 aromatic rings. The van der Waals surface area contributed by atoms with Gasteiger partial charge in [0.1, 0.15) is 5.82 Å². The summed E-state index contributed by atoms with van der Waals surface area (Å²) in [5, 5.41) is 1.08. The van der Waals surface area contributed by atoms with Crippen molar-refractivity contribution in [3.8, 4) is 33.5 Å². The predicted molar refractivity (Wildman–Crippen MR) is 118 cm³/mol. The van der Waals surface area contributed by atoms with Crippen molar-refractivity contribution in [1.82, 2.24) is 4.98 Å². The fourth-order valence-corrected chi connectivity index (χ4v) is 3.85. The molecular formula is C27H18FN. The lowest BCUT2D eigenvalue weighted by molar-refractivity contribution is 0.628. The van der Waals surface area contributed by atoms with Crippen molar-refractivity contribution in [3.05, 3.63) is 115 Å². The van der Waals surface area contributed by atoms with Crippen LogP contribution in [0.1, 0.15) is 0 Å². The molecule has 0 saturated carbocycles. The van der Waals surface area contributed by atoms with E-state index in [2.05, 4.69) is 30.3 Å². The summed E-state index contributed by atoms with van der Waals surface area (Å²) >= 11 is 0. The molecule has 2 heteroatoms. The molecule has 0 spiro atoms. The second-order valence-electron chi connectivity index (χ2n) is 6.97. The van der Waals surface area contributed by atoms with Crippen LogP contribution in [0.25, 0.3) is 44.4 Å². The van der Waals surface area contributed by atoms with Gasteiger partial charge in [-0.25, -0.2) is 9.37 Å². The summed E-state index contributed by atoms with van der Waals surface area (Å²) in [6, 6.07) is 35.4. The van der Waals surface area contributed by atoms with Gasteiger partial charge in [-0.1, -0.05) is 91.0 Å². The number of aromatic nitrogens is 1. The van der Waals surface area contributed by atoms with E-state index in [0.717, 1.165) is 44.4 Å². The molecule has 1 heterocycles. The van der Waals surface area contributed by atoms with Crippen molar-refractivity contribution in [2.75, 3.05) is 0 Å². The lowest BCUT2D eigenvalue weighted by Crippen LogP contribution is -1.96. The van der Waals surface area contributed by atoms with Crippen LogP contribution in [0.4, 0.5) is 4.39 Å². The Bertz CT molecular complexity index is 1290. The predicted octanol–water partition coefficient (Wildman–Crippen LogP) is 7.37. The van der Waals surface area contributed by atoms with Gasteiger partial charge in [0.2, 0.25) is 0 Å². The average Bonchev–Trinajstić information content (AvgIpc) is 2.79. The van der Waals surface area contributed by atoms with Crippen LogP contribution < -0.4 is 0 Å². The lowest BCUT2D eigenvalue weighted by atomic mass is 9.88. The maximum atomic E-state index is 14.1.